The number of hydrogen-bond acceptors (Lipinski definition) is 3. The Bertz CT molecular complexity index is 438. The molecule has 0 bridgehead atoms. The van der Waals surface area contributed by atoms with Gasteiger partial charge < -0.3 is 4.74 Å². The summed E-state index contributed by atoms with van der Waals surface area (Å²) in [6, 6.07) is 6.85. The SMILES string of the molecule is CC1CCC(C(NN)c2ccc3c(c2)CCO3)CC1. The Labute approximate surface area is 115 Å². The van der Waals surface area contributed by atoms with Gasteiger partial charge in [-0.05, 0) is 41.9 Å². The van der Waals surface area contributed by atoms with E-state index < -0.39 is 0 Å². The minimum atomic E-state index is 0.290. The molecule has 1 heterocycles. The van der Waals surface area contributed by atoms with Crippen LogP contribution in [0.2, 0.25) is 0 Å². The van der Waals surface area contributed by atoms with Crippen LogP contribution in [0.3, 0.4) is 0 Å². The number of hydrogen-bond donors (Lipinski definition) is 2. The summed E-state index contributed by atoms with van der Waals surface area (Å²) in [6.45, 7) is 3.17. The number of fused-ring (bicyclic) bond motifs is 1. The highest BCUT2D eigenvalue weighted by Crippen LogP contribution is 2.38. The van der Waals surface area contributed by atoms with Gasteiger partial charge in [-0.2, -0.15) is 0 Å². The predicted octanol–water partition coefficient (Wildman–Crippen LogP) is 2.95. The first kappa shape index (κ1) is 12.9. The number of nitrogens with one attached hydrogen (secondary N) is 1. The molecule has 1 saturated carbocycles. The molecule has 0 amide bonds. The maximum atomic E-state index is 5.83. The van der Waals surface area contributed by atoms with Gasteiger partial charge in [0, 0.05) is 12.5 Å². The summed E-state index contributed by atoms with van der Waals surface area (Å²) < 4.78 is 5.57. The molecule has 2 aliphatic rings. The highest BCUT2D eigenvalue weighted by atomic mass is 16.5. The van der Waals surface area contributed by atoms with Crippen LogP contribution in [0.4, 0.5) is 0 Å². The van der Waals surface area contributed by atoms with Gasteiger partial charge in [-0.15, -0.1) is 0 Å². The van der Waals surface area contributed by atoms with Crippen molar-refractivity contribution in [3.05, 3.63) is 29.3 Å². The van der Waals surface area contributed by atoms with Crippen molar-refractivity contribution in [2.75, 3.05) is 6.61 Å². The van der Waals surface area contributed by atoms with Crippen LogP contribution in [-0.2, 0) is 6.42 Å². The summed E-state index contributed by atoms with van der Waals surface area (Å²) in [7, 11) is 0. The molecular weight excluding hydrogens is 236 g/mol. The highest BCUT2D eigenvalue weighted by molar-refractivity contribution is 5.41. The average Bonchev–Trinajstić information content (AvgIpc) is 2.89. The Balaban J connectivity index is 1.78. The molecule has 1 unspecified atom stereocenters. The topological polar surface area (TPSA) is 47.3 Å². The summed E-state index contributed by atoms with van der Waals surface area (Å²) in [5.41, 5.74) is 5.71. The molecule has 0 aromatic heterocycles. The van der Waals surface area contributed by atoms with E-state index in [4.69, 9.17) is 10.6 Å². The lowest BCUT2D eigenvalue weighted by molar-refractivity contribution is 0.232. The number of nitrogens with two attached hydrogens (primary N) is 1. The molecule has 1 aromatic rings. The molecule has 1 atom stereocenters. The molecule has 1 aliphatic heterocycles. The van der Waals surface area contributed by atoms with Gasteiger partial charge in [-0.25, -0.2) is 0 Å². The van der Waals surface area contributed by atoms with E-state index in [1.54, 1.807) is 0 Å². The van der Waals surface area contributed by atoms with Crippen LogP contribution in [0.15, 0.2) is 18.2 Å². The van der Waals surface area contributed by atoms with Crippen LogP contribution in [0.5, 0.6) is 5.75 Å². The Morgan fingerprint density at radius 2 is 2.05 bits per heavy atom. The molecule has 3 rings (SSSR count). The lowest BCUT2D eigenvalue weighted by Gasteiger charge is -2.32. The molecule has 1 aliphatic carbocycles. The number of ether oxygens (including phenoxy) is 1. The van der Waals surface area contributed by atoms with E-state index >= 15 is 0 Å². The number of hydrazine groups is 1. The van der Waals surface area contributed by atoms with Crippen molar-refractivity contribution in [1.82, 2.24) is 5.43 Å². The maximum absolute atomic E-state index is 5.83. The van der Waals surface area contributed by atoms with Crippen LogP contribution < -0.4 is 16.0 Å². The normalized spacial score (nSPS) is 27.7. The number of benzene rings is 1. The second-order valence-corrected chi connectivity index (χ2v) is 6.13. The van der Waals surface area contributed by atoms with Crippen molar-refractivity contribution in [3.8, 4) is 5.75 Å². The lowest BCUT2D eigenvalue weighted by Crippen LogP contribution is -2.35. The van der Waals surface area contributed by atoms with Crippen molar-refractivity contribution in [1.29, 1.82) is 0 Å². The van der Waals surface area contributed by atoms with Gasteiger partial charge in [-0.1, -0.05) is 31.9 Å². The molecule has 0 radical (unpaired) electrons. The first-order valence-corrected chi connectivity index (χ1v) is 7.49. The van der Waals surface area contributed by atoms with Gasteiger partial charge in [-0.3, -0.25) is 11.3 Å². The van der Waals surface area contributed by atoms with E-state index in [0.29, 0.717) is 12.0 Å². The van der Waals surface area contributed by atoms with Crippen LogP contribution in [0.25, 0.3) is 0 Å². The third kappa shape index (κ3) is 2.63. The van der Waals surface area contributed by atoms with Crippen molar-refractivity contribution < 1.29 is 4.74 Å². The highest BCUT2D eigenvalue weighted by Gasteiger charge is 2.27. The van der Waals surface area contributed by atoms with Gasteiger partial charge in [0.15, 0.2) is 0 Å². The Morgan fingerprint density at radius 1 is 1.26 bits per heavy atom. The summed E-state index contributed by atoms with van der Waals surface area (Å²) in [6.07, 6.45) is 6.25. The van der Waals surface area contributed by atoms with E-state index in [1.807, 2.05) is 0 Å². The van der Waals surface area contributed by atoms with E-state index in [2.05, 4.69) is 30.5 Å². The van der Waals surface area contributed by atoms with E-state index in [0.717, 1.165) is 24.7 Å². The largest absolute Gasteiger partial charge is 0.493 e. The van der Waals surface area contributed by atoms with E-state index in [1.165, 1.54) is 36.8 Å². The molecule has 0 saturated heterocycles. The zero-order valence-electron chi connectivity index (χ0n) is 11.7. The number of rotatable bonds is 3. The second kappa shape index (κ2) is 5.51. The van der Waals surface area contributed by atoms with Gasteiger partial charge in [0.1, 0.15) is 5.75 Å². The first-order chi connectivity index (χ1) is 9.28. The molecule has 1 fully saturated rings. The Hall–Kier alpha value is -1.06. The van der Waals surface area contributed by atoms with Crippen molar-refractivity contribution in [2.24, 2.45) is 17.7 Å². The van der Waals surface area contributed by atoms with Gasteiger partial charge in [0.05, 0.1) is 6.61 Å². The smallest absolute Gasteiger partial charge is 0.122 e. The van der Waals surface area contributed by atoms with Crippen LogP contribution in [0.1, 0.15) is 49.8 Å². The molecular formula is C16H24N2O. The second-order valence-electron chi connectivity index (χ2n) is 6.13. The minimum Gasteiger partial charge on any atom is -0.493 e. The Kier molecular flexibility index (Phi) is 3.76. The van der Waals surface area contributed by atoms with Crippen LogP contribution in [-0.4, -0.2) is 6.61 Å². The quantitative estimate of drug-likeness (QED) is 0.649. The van der Waals surface area contributed by atoms with E-state index in [9.17, 15) is 0 Å². The zero-order valence-corrected chi connectivity index (χ0v) is 11.7. The third-order valence-electron chi connectivity index (χ3n) is 4.78. The van der Waals surface area contributed by atoms with Crippen molar-refractivity contribution >= 4 is 0 Å². The Morgan fingerprint density at radius 3 is 2.79 bits per heavy atom. The van der Waals surface area contributed by atoms with Crippen LogP contribution >= 0.6 is 0 Å². The predicted molar refractivity (Wildman–Crippen MR) is 76.8 cm³/mol. The average molecular weight is 260 g/mol. The van der Waals surface area contributed by atoms with Crippen molar-refractivity contribution in [2.45, 2.75) is 45.1 Å². The minimum absolute atomic E-state index is 0.290. The summed E-state index contributed by atoms with van der Waals surface area (Å²) in [4.78, 5) is 0. The van der Waals surface area contributed by atoms with Gasteiger partial charge in [0.2, 0.25) is 0 Å². The van der Waals surface area contributed by atoms with Gasteiger partial charge in [0.25, 0.3) is 0 Å². The molecule has 3 nitrogen and oxygen atoms in total. The zero-order chi connectivity index (χ0) is 13.2. The summed E-state index contributed by atoms with van der Waals surface area (Å²) >= 11 is 0. The third-order valence-corrected chi connectivity index (χ3v) is 4.78. The molecule has 19 heavy (non-hydrogen) atoms. The summed E-state index contributed by atoms with van der Waals surface area (Å²) in [5, 5.41) is 0. The standard InChI is InChI=1S/C16H24N2O/c1-11-2-4-12(5-3-11)16(18-17)14-6-7-15-13(10-14)8-9-19-15/h6-7,10-12,16,18H,2-5,8-9,17H2,1H3. The van der Waals surface area contributed by atoms with Crippen molar-refractivity contribution in [3.63, 3.8) is 0 Å². The molecule has 3 N–H and O–H groups in total. The lowest BCUT2D eigenvalue weighted by atomic mass is 9.77. The fraction of sp³-hybridized carbons (Fsp3) is 0.625. The fourth-order valence-corrected chi connectivity index (χ4v) is 3.52. The fourth-order valence-electron chi connectivity index (χ4n) is 3.52. The first-order valence-electron chi connectivity index (χ1n) is 7.49. The molecule has 1 aromatic carbocycles. The maximum Gasteiger partial charge on any atom is 0.122 e. The molecule has 0 spiro atoms. The van der Waals surface area contributed by atoms with Crippen LogP contribution in [0, 0.1) is 11.8 Å². The summed E-state index contributed by atoms with van der Waals surface area (Å²) in [5.74, 6) is 8.43. The molecule has 3 heteroatoms. The van der Waals surface area contributed by atoms with E-state index in [-0.39, 0.29) is 0 Å². The molecule has 104 valence electrons. The van der Waals surface area contributed by atoms with Gasteiger partial charge >= 0.3 is 0 Å². The monoisotopic (exact) mass is 260 g/mol.